The summed E-state index contributed by atoms with van der Waals surface area (Å²) in [5, 5.41) is 3.50. The molecule has 0 aliphatic rings. The fourth-order valence-electron chi connectivity index (χ4n) is 2.34. The summed E-state index contributed by atoms with van der Waals surface area (Å²) >= 11 is 0. The molecule has 3 nitrogen and oxygen atoms in total. The number of hydrogen-bond acceptors (Lipinski definition) is 2. The van der Waals surface area contributed by atoms with Crippen LogP contribution in [0, 0.1) is 5.92 Å². The monoisotopic (exact) mass is 259 g/mol. The number of nitrogens with one attached hydrogen (secondary N) is 1. The maximum atomic E-state index is 4.29. The van der Waals surface area contributed by atoms with Crippen LogP contribution in [0.5, 0.6) is 0 Å². The Morgan fingerprint density at radius 2 is 2.00 bits per heavy atom. The molecule has 0 aliphatic heterocycles. The second-order valence-electron chi connectivity index (χ2n) is 5.59. The Balaban J connectivity index is 1.67. The van der Waals surface area contributed by atoms with Crippen molar-refractivity contribution in [3.05, 3.63) is 30.6 Å². The van der Waals surface area contributed by atoms with Crippen LogP contribution in [-0.2, 0) is 0 Å². The average Bonchev–Trinajstić information content (AvgIpc) is 2.86. The Bertz CT molecular complexity index is 487. The van der Waals surface area contributed by atoms with E-state index in [1.54, 1.807) is 0 Å². The van der Waals surface area contributed by atoms with Crippen molar-refractivity contribution in [2.24, 2.45) is 5.92 Å². The van der Waals surface area contributed by atoms with E-state index in [1.165, 1.54) is 32.1 Å². The molecule has 1 N–H and O–H groups in total. The van der Waals surface area contributed by atoms with Gasteiger partial charge in [0.2, 0.25) is 0 Å². The van der Waals surface area contributed by atoms with Gasteiger partial charge in [0.15, 0.2) is 0 Å². The quantitative estimate of drug-likeness (QED) is 0.714. The van der Waals surface area contributed by atoms with Crippen molar-refractivity contribution in [3.8, 4) is 0 Å². The van der Waals surface area contributed by atoms with Crippen molar-refractivity contribution >= 4 is 11.5 Å². The smallest absolute Gasteiger partial charge is 0.138 e. The summed E-state index contributed by atoms with van der Waals surface area (Å²) in [5.74, 6) is 1.98. The molecule has 104 valence electrons. The van der Waals surface area contributed by atoms with Crippen LogP contribution in [0.15, 0.2) is 30.6 Å². The number of fused-ring (bicyclic) bond motifs is 1. The summed E-state index contributed by atoms with van der Waals surface area (Å²) in [6, 6.07) is 6.18. The van der Waals surface area contributed by atoms with E-state index >= 15 is 0 Å². The van der Waals surface area contributed by atoms with E-state index in [4.69, 9.17) is 0 Å². The van der Waals surface area contributed by atoms with Crippen LogP contribution in [0.3, 0.4) is 0 Å². The highest BCUT2D eigenvalue weighted by molar-refractivity contribution is 5.49. The average molecular weight is 259 g/mol. The summed E-state index contributed by atoms with van der Waals surface area (Å²) in [4.78, 5) is 4.29. The number of imidazole rings is 1. The number of aromatic nitrogens is 2. The summed E-state index contributed by atoms with van der Waals surface area (Å²) < 4.78 is 2.10. The fraction of sp³-hybridized carbons (Fsp3) is 0.562. The molecule has 0 aliphatic carbocycles. The van der Waals surface area contributed by atoms with E-state index in [9.17, 15) is 0 Å². The lowest BCUT2D eigenvalue weighted by molar-refractivity contribution is 0.523. The molecular formula is C16H25N3. The van der Waals surface area contributed by atoms with Crippen molar-refractivity contribution in [1.82, 2.24) is 9.38 Å². The third-order valence-corrected chi connectivity index (χ3v) is 3.44. The zero-order valence-electron chi connectivity index (χ0n) is 12.1. The first-order valence-electron chi connectivity index (χ1n) is 7.43. The molecule has 2 aromatic heterocycles. The highest BCUT2D eigenvalue weighted by Gasteiger charge is 1.99. The highest BCUT2D eigenvalue weighted by Crippen LogP contribution is 2.12. The molecular weight excluding hydrogens is 234 g/mol. The minimum Gasteiger partial charge on any atom is -0.371 e. The standard InChI is InChI=1S/C16H25N3/c1-14(2)8-5-3-4-6-11-17-15-9-7-10-16-18-12-13-19(15)16/h7,9-10,12-14,17H,3-6,8,11H2,1-2H3. The first kappa shape index (κ1) is 13.9. The molecule has 0 saturated heterocycles. The van der Waals surface area contributed by atoms with Crippen LogP contribution < -0.4 is 5.32 Å². The topological polar surface area (TPSA) is 29.3 Å². The Morgan fingerprint density at radius 3 is 2.84 bits per heavy atom. The molecule has 0 saturated carbocycles. The Hall–Kier alpha value is -1.51. The summed E-state index contributed by atoms with van der Waals surface area (Å²) in [6.45, 7) is 5.64. The van der Waals surface area contributed by atoms with Gasteiger partial charge in [-0.2, -0.15) is 0 Å². The van der Waals surface area contributed by atoms with E-state index in [-0.39, 0.29) is 0 Å². The van der Waals surface area contributed by atoms with Crippen LogP contribution in [0.25, 0.3) is 5.65 Å². The third-order valence-electron chi connectivity index (χ3n) is 3.44. The first-order valence-corrected chi connectivity index (χ1v) is 7.43. The van der Waals surface area contributed by atoms with Gasteiger partial charge < -0.3 is 5.32 Å². The number of hydrogen-bond donors (Lipinski definition) is 1. The maximum Gasteiger partial charge on any atom is 0.138 e. The Kier molecular flexibility index (Phi) is 5.25. The molecule has 0 atom stereocenters. The van der Waals surface area contributed by atoms with Gasteiger partial charge in [-0.25, -0.2) is 4.98 Å². The van der Waals surface area contributed by atoms with Crippen molar-refractivity contribution in [2.45, 2.75) is 46.0 Å². The van der Waals surface area contributed by atoms with Crippen LogP contribution in [0.1, 0.15) is 46.0 Å². The number of pyridine rings is 1. The van der Waals surface area contributed by atoms with Gasteiger partial charge in [-0.15, -0.1) is 0 Å². The molecule has 19 heavy (non-hydrogen) atoms. The molecule has 0 amide bonds. The molecule has 0 bridgehead atoms. The lowest BCUT2D eigenvalue weighted by Gasteiger charge is -2.09. The van der Waals surface area contributed by atoms with Gasteiger partial charge in [-0.05, 0) is 24.5 Å². The molecule has 2 aromatic rings. The minimum atomic E-state index is 0.844. The summed E-state index contributed by atoms with van der Waals surface area (Å²) in [7, 11) is 0. The van der Waals surface area contributed by atoms with Gasteiger partial charge in [0.05, 0.1) is 0 Å². The van der Waals surface area contributed by atoms with Gasteiger partial charge >= 0.3 is 0 Å². The SMILES string of the molecule is CC(C)CCCCCCNc1cccc2nccn12. The van der Waals surface area contributed by atoms with Crippen molar-refractivity contribution in [3.63, 3.8) is 0 Å². The third kappa shape index (κ3) is 4.27. The molecule has 2 rings (SSSR count). The normalized spacial score (nSPS) is 11.3. The van der Waals surface area contributed by atoms with E-state index in [0.717, 1.165) is 23.9 Å². The zero-order chi connectivity index (χ0) is 13.5. The van der Waals surface area contributed by atoms with Crippen molar-refractivity contribution in [1.29, 1.82) is 0 Å². The molecule has 0 radical (unpaired) electrons. The van der Waals surface area contributed by atoms with Crippen molar-refractivity contribution < 1.29 is 0 Å². The predicted octanol–water partition coefficient (Wildman–Crippen LogP) is 4.35. The lowest BCUT2D eigenvalue weighted by atomic mass is 10.0. The summed E-state index contributed by atoms with van der Waals surface area (Å²) in [5.41, 5.74) is 1.00. The minimum absolute atomic E-state index is 0.844. The maximum absolute atomic E-state index is 4.29. The summed E-state index contributed by atoms with van der Waals surface area (Å²) in [6.07, 6.45) is 10.5. The lowest BCUT2D eigenvalue weighted by Crippen LogP contribution is -2.05. The molecule has 0 aromatic carbocycles. The molecule has 0 spiro atoms. The molecule has 0 fully saturated rings. The second kappa shape index (κ2) is 7.17. The first-order chi connectivity index (χ1) is 9.27. The van der Waals surface area contributed by atoms with Crippen LogP contribution in [0.4, 0.5) is 5.82 Å². The number of nitrogens with zero attached hydrogens (tertiary/aromatic N) is 2. The van der Waals surface area contributed by atoms with Gasteiger partial charge in [0.25, 0.3) is 0 Å². The number of unbranched alkanes of at least 4 members (excludes halogenated alkanes) is 3. The van der Waals surface area contributed by atoms with Gasteiger partial charge in [0.1, 0.15) is 11.5 Å². The van der Waals surface area contributed by atoms with Crippen LogP contribution in [0.2, 0.25) is 0 Å². The molecule has 2 heterocycles. The van der Waals surface area contributed by atoms with Gasteiger partial charge in [-0.3, -0.25) is 4.40 Å². The fourth-order valence-corrected chi connectivity index (χ4v) is 2.34. The molecule has 3 heteroatoms. The number of rotatable bonds is 8. The van der Waals surface area contributed by atoms with E-state index in [0.29, 0.717) is 0 Å². The Labute approximate surface area is 116 Å². The van der Waals surface area contributed by atoms with Crippen LogP contribution >= 0.6 is 0 Å². The second-order valence-corrected chi connectivity index (χ2v) is 5.59. The van der Waals surface area contributed by atoms with Crippen molar-refractivity contribution in [2.75, 3.05) is 11.9 Å². The predicted molar refractivity (Wildman–Crippen MR) is 81.6 cm³/mol. The largest absolute Gasteiger partial charge is 0.371 e. The zero-order valence-corrected chi connectivity index (χ0v) is 12.1. The van der Waals surface area contributed by atoms with Crippen LogP contribution in [-0.4, -0.2) is 15.9 Å². The van der Waals surface area contributed by atoms with E-state index in [2.05, 4.69) is 34.6 Å². The number of anilines is 1. The van der Waals surface area contributed by atoms with E-state index < -0.39 is 0 Å². The van der Waals surface area contributed by atoms with Gasteiger partial charge in [0, 0.05) is 18.9 Å². The Morgan fingerprint density at radius 1 is 1.16 bits per heavy atom. The van der Waals surface area contributed by atoms with E-state index in [1.807, 2.05) is 24.5 Å². The van der Waals surface area contributed by atoms with Gasteiger partial charge in [-0.1, -0.05) is 45.6 Å². The molecule has 0 unspecified atom stereocenters. The highest BCUT2D eigenvalue weighted by atomic mass is 15.1.